The summed E-state index contributed by atoms with van der Waals surface area (Å²) in [7, 11) is -4.28. The topological polar surface area (TPSA) is 63.2 Å². The first kappa shape index (κ1) is 43.3. The van der Waals surface area contributed by atoms with Crippen LogP contribution >= 0.6 is 7.60 Å². The molecule has 244 valence electrons. The second kappa shape index (κ2) is 36.3. The van der Waals surface area contributed by atoms with Crippen molar-refractivity contribution in [3.05, 3.63) is 24.3 Å². The molecular weight excluding hydrogens is 567 g/mol. The van der Waals surface area contributed by atoms with E-state index in [0.29, 0.717) is 6.42 Å². The van der Waals surface area contributed by atoms with Crippen LogP contribution in [0.1, 0.15) is 200 Å². The van der Waals surface area contributed by atoms with Gasteiger partial charge in [0.2, 0.25) is 0 Å². The second-order valence-corrected chi connectivity index (χ2v) is 13.9. The van der Waals surface area contributed by atoms with Gasteiger partial charge in [-0.2, -0.15) is 0 Å². The van der Waals surface area contributed by atoms with Crippen LogP contribution < -0.4 is 9.79 Å². The van der Waals surface area contributed by atoms with Gasteiger partial charge in [0.15, 0.2) is 0 Å². The van der Waals surface area contributed by atoms with Crippen molar-refractivity contribution in [1.82, 2.24) is 0 Å². The van der Waals surface area contributed by atoms with E-state index in [0.717, 1.165) is 25.7 Å². The van der Waals surface area contributed by atoms with Crippen molar-refractivity contribution in [2.45, 2.75) is 200 Å². The van der Waals surface area contributed by atoms with Gasteiger partial charge in [0, 0.05) is 0 Å². The van der Waals surface area contributed by atoms with Crippen molar-refractivity contribution in [2.75, 3.05) is 6.16 Å². The summed E-state index contributed by atoms with van der Waals surface area (Å²) in [5.41, 5.74) is 0. The molecule has 0 aliphatic heterocycles. The SMILES string of the molecule is CCCCCCCCC=CCCCCCCCCCCCCCCCCC=CCCCCCCCCP(=O)([O-])[O-].[Fe+2]. The Labute approximate surface area is 268 Å². The van der Waals surface area contributed by atoms with Crippen LogP contribution in [0.4, 0.5) is 0 Å². The minimum absolute atomic E-state index is 0. The van der Waals surface area contributed by atoms with Crippen molar-refractivity contribution in [2.24, 2.45) is 0 Å². The Morgan fingerprint density at radius 3 is 0.854 bits per heavy atom. The Kier molecular flexibility index (Phi) is 38.4. The third-order valence-corrected chi connectivity index (χ3v) is 8.97. The molecule has 0 spiro atoms. The van der Waals surface area contributed by atoms with Gasteiger partial charge in [0.1, 0.15) is 0 Å². The van der Waals surface area contributed by atoms with E-state index in [2.05, 4.69) is 31.2 Å². The molecule has 0 aliphatic rings. The molecule has 3 nitrogen and oxygen atoms in total. The summed E-state index contributed by atoms with van der Waals surface area (Å²) in [5.74, 6) is 0. The molecule has 5 heteroatoms. The van der Waals surface area contributed by atoms with Gasteiger partial charge in [-0.25, -0.2) is 0 Å². The van der Waals surface area contributed by atoms with Gasteiger partial charge in [-0.15, -0.1) is 0 Å². The number of hydrogen-bond acceptors (Lipinski definition) is 3. The van der Waals surface area contributed by atoms with Crippen LogP contribution in [-0.2, 0) is 21.6 Å². The van der Waals surface area contributed by atoms with Crippen LogP contribution in [-0.4, -0.2) is 6.16 Å². The Balaban J connectivity index is 0. The zero-order valence-electron chi connectivity index (χ0n) is 27.3. The molecule has 0 aromatic rings. The summed E-state index contributed by atoms with van der Waals surface area (Å²) in [6.07, 6.45) is 48.6. The number of allylic oxidation sites excluding steroid dienone is 4. The normalized spacial score (nSPS) is 12.1. The minimum atomic E-state index is -4.28. The number of hydrogen-bond donors (Lipinski definition) is 0. The molecule has 0 N–H and O–H groups in total. The van der Waals surface area contributed by atoms with Crippen LogP contribution in [0.2, 0.25) is 0 Å². The van der Waals surface area contributed by atoms with E-state index in [1.54, 1.807) is 0 Å². The number of rotatable bonds is 33. The number of unbranched alkanes of at least 4 members (excludes halogenated alkanes) is 27. The van der Waals surface area contributed by atoms with E-state index in [9.17, 15) is 14.4 Å². The summed E-state index contributed by atoms with van der Waals surface area (Å²) in [4.78, 5) is 21.1. The zero-order valence-corrected chi connectivity index (χ0v) is 29.3. The molecule has 0 aliphatic carbocycles. The summed E-state index contributed by atoms with van der Waals surface area (Å²) >= 11 is 0. The van der Waals surface area contributed by atoms with Crippen molar-refractivity contribution in [3.8, 4) is 0 Å². The maximum atomic E-state index is 10.6. The van der Waals surface area contributed by atoms with Crippen molar-refractivity contribution in [3.63, 3.8) is 0 Å². The van der Waals surface area contributed by atoms with E-state index >= 15 is 0 Å². The molecule has 0 unspecified atom stereocenters. The quantitative estimate of drug-likeness (QED) is 0.0312. The predicted molar refractivity (Wildman–Crippen MR) is 175 cm³/mol. The fraction of sp³-hybridized carbons (Fsp3) is 0.889. The average molecular weight is 637 g/mol. The van der Waals surface area contributed by atoms with Crippen molar-refractivity contribution in [1.29, 1.82) is 0 Å². The molecule has 0 atom stereocenters. The first-order chi connectivity index (χ1) is 19.6. The van der Waals surface area contributed by atoms with Gasteiger partial charge in [-0.05, 0) is 63.9 Å². The molecule has 0 saturated carbocycles. The third-order valence-electron chi connectivity index (χ3n) is 8.10. The predicted octanol–water partition coefficient (Wildman–Crippen LogP) is 11.7. The van der Waals surface area contributed by atoms with Crippen LogP contribution in [0.3, 0.4) is 0 Å². The van der Waals surface area contributed by atoms with Gasteiger partial charge in [-0.1, -0.05) is 174 Å². The fourth-order valence-electron chi connectivity index (χ4n) is 5.43. The molecule has 0 saturated heterocycles. The van der Waals surface area contributed by atoms with Crippen molar-refractivity contribution < 1.29 is 31.4 Å². The van der Waals surface area contributed by atoms with E-state index < -0.39 is 7.60 Å². The molecule has 0 radical (unpaired) electrons. The molecule has 0 amide bonds. The Bertz CT molecular complexity index is 587. The van der Waals surface area contributed by atoms with E-state index in [-0.39, 0.29) is 23.2 Å². The van der Waals surface area contributed by atoms with E-state index in [1.165, 1.54) is 161 Å². The molecule has 0 fully saturated rings. The largest absolute Gasteiger partial charge is 2.00 e. The minimum Gasteiger partial charge on any atom is -0.811 e. The fourth-order valence-corrected chi connectivity index (χ4v) is 6.05. The van der Waals surface area contributed by atoms with Gasteiger partial charge in [-0.3, -0.25) is 0 Å². The molecule has 0 aromatic carbocycles. The smallest absolute Gasteiger partial charge is 0.811 e. The van der Waals surface area contributed by atoms with E-state index in [4.69, 9.17) is 0 Å². The summed E-state index contributed by atoms with van der Waals surface area (Å²) in [6.45, 7) is 2.29. The molecule has 0 heterocycles. The molecule has 0 aromatic heterocycles. The van der Waals surface area contributed by atoms with Crippen LogP contribution in [0.5, 0.6) is 0 Å². The zero-order chi connectivity index (χ0) is 29.2. The maximum absolute atomic E-state index is 10.6. The van der Waals surface area contributed by atoms with Crippen LogP contribution in [0, 0.1) is 0 Å². The van der Waals surface area contributed by atoms with Gasteiger partial charge in [0.05, 0.1) is 0 Å². The average Bonchev–Trinajstić information content (AvgIpc) is 2.92. The molecule has 41 heavy (non-hydrogen) atoms. The molecule has 0 rings (SSSR count). The molecule has 0 bridgehead atoms. The Morgan fingerprint density at radius 2 is 0.610 bits per heavy atom. The van der Waals surface area contributed by atoms with Crippen LogP contribution in [0.25, 0.3) is 0 Å². The van der Waals surface area contributed by atoms with Gasteiger partial charge < -0.3 is 14.4 Å². The standard InChI is InChI=1S/C36H71O3P.Fe/c1-2-3-4-5-6-7-8-9-10-11-12-13-14-15-16-17-18-19-20-21-22-23-24-25-26-27-28-29-30-31-32-33-34-35-36-40(37,38)39;/h9-10,27-28H,2-8,11-26,29-36H2,1H3,(H2,37,38,39);/q;+2/p-2. The van der Waals surface area contributed by atoms with Crippen LogP contribution in [0.15, 0.2) is 24.3 Å². The first-order valence-corrected chi connectivity index (χ1v) is 19.6. The maximum Gasteiger partial charge on any atom is 2.00 e. The van der Waals surface area contributed by atoms with Gasteiger partial charge in [0.25, 0.3) is 0 Å². The third kappa shape index (κ3) is 42.3. The van der Waals surface area contributed by atoms with Gasteiger partial charge >= 0.3 is 17.1 Å². The monoisotopic (exact) mass is 636 g/mol. The Hall–Kier alpha value is 0.149. The summed E-state index contributed by atoms with van der Waals surface area (Å²) < 4.78 is 10.6. The van der Waals surface area contributed by atoms with E-state index in [1.807, 2.05) is 0 Å². The molecular formula is C36H69FeO3P. The summed E-state index contributed by atoms with van der Waals surface area (Å²) in [6, 6.07) is 0. The van der Waals surface area contributed by atoms with Crippen molar-refractivity contribution >= 4 is 7.60 Å². The second-order valence-electron chi connectivity index (χ2n) is 12.3. The first-order valence-electron chi connectivity index (χ1n) is 17.9. The summed E-state index contributed by atoms with van der Waals surface area (Å²) in [5, 5.41) is 0. The Morgan fingerprint density at radius 1 is 0.390 bits per heavy atom.